The van der Waals surface area contributed by atoms with Crippen LogP contribution in [0.2, 0.25) is 5.02 Å². The first-order valence-corrected chi connectivity index (χ1v) is 18.6. The zero-order valence-electron chi connectivity index (χ0n) is 29.4. The van der Waals surface area contributed by atoms with Crippen molar-refractivity contribution in [3.05, 3.63) is 59.5 Å². The number of carbonyl (C=O) groups is 2. The van der Waals surface area contributed by atoms with Gasteiger partial charge in [0, 0.05) is 49.6 Å². The van der Waals surface area contributed by atoms with Crippen LogP contribution in [-0.4, -0.2) is 64.5 Å². The van der Waals surface area contributed by atoms with Gasteiger partial charge in [-0.1, -0.05) is 24.6 Å². The summed E-state index contributed by atoms with van der Waals surface area (Å²) < 4.78 is 13.2. The van der Waals surface area contributed by atoms with Crippen molar-refractivity contribution in [2.45, 2.75) is 103 Å². The number of aromatic nitrogens is 3. The van der Waals surface area contributed by atoms with Crippen LogP contribution in [0.5, 0.6) is 5.75 Å². The van der Waals surface area contributed by atoms with Gasteiger partial charge in [0.1, 0.15) is 17.7 Å². The Kier molecular flexibility index (Phi) is 9.41. The molecule has 0 N–H and O–H groups in total. The second kappa shape index (κ2) is 13.6. The van der Waals surface area contributed by atoms with Gasteiger partial charge in [0.25, 0.3) is 0 Å². The summed E-state index contributed by atoms with van der Waals surface area (Å²) in [5.74, 6) is 1.97. The molecule has 10 heteroatoms. The van der Waals surface area contributed by atoms with Crippen LogP contribution in [0.15, 0.2) is 48.9 Å². The molecule has 0 spiro atoms. The average molecular weight is 688 g/mol. The highest BCUT2D eigenvalue weighted by Gasteiger charge is 2.51. The molecule has 1 aromatic carbocycles. The highest BCUT2D eigenvalue weighted by Crippen LogP contribution is 2.58. The van der Waals surface area contributed by atoms with Crippen molar-refractivity contribution in [3.8, 4) is 16.9 Å². The van der Waals surface area contributed by atoms with Gasteiger partial charge >= 0.3 is 6.09 Å². The van der Waals surface area contributed by atoms with Gasteiger partial charge in [-0.25, -0.2) is 9.78 Å². The number of rotatable bonds is 9. The lowest BCUT2D eigenvalue weighted by atomic mass is 9.51. The molecule has 2 aromatic heterocycles. The first-order chi connectivity index (χ1) is 23.6. The summed E-state index contributed by atoms with van der Waals surface area (Å²) in [6.07, 6.45) is 14.7. The molecule has 262 valence electrons. The van der Waals surface area contributed by atoms with Crippen molar-refractivity contribution >= 4 is 29.4 Å². The van der Waals surface area contributed by atoms with E-state index in [0.717, 1.165) is 62.7 Å². The Hall–Kier alpha value is -3.59. The number of methoxy groups -OCH3 is 1. The molecule has 0 unspecified atom stereocenters. The van der Waals surface area contributed by atoms with Crippen LogP contribution in [0.25, 0.3) is 11.1 Å². The Bertz CT molecular complexity index is 1650. The first kappa shape index (κ1) is 33.9. The maximum Gasteiger partial charge on any atom is 0.410 e. The van der Waals surface area contributed by atoms with Gasteiger partial charge in [0.2, 0.25) is 5.91 Å². The fourth-order valence-electron chi connectivity index (χ4n) is 8.77. The SMILES string of the molecule is COc1ccc(C23CCC(CN(C(=O)C4CCC(OC(=O)N5CC(C)C5)CC4)c4cc(-c5cnn(C(C)C)c5)ccn4)(CC2)CC3)cc1Cl. The molecule has 5 fully saturated rings. The Balaban J connectivity index is 1.10. The molecule has 2 amide bonds. The summed E-state index contributed by atoms with van der Waals surface area (Å²) in [5, 5.41) is 5.22. The normalized spacial score (nSPS) is 26.8. The maximum absolute atomic E-state index is 14.6. The van der Waals surface area contributed by atoms with Crippen LogP contribution in [-0.2, 0) is 14.9 Å². The van der Waals surface area contributed by atoms with Crippen LogP contribution < -0.4 is 9.64 Å². The van der Waals surface area contributed by atoms with Crippen LogP contribution in [0.4, 0.5) is 10.6 Å². The molecule has 3 heterocycles. The lowest BCUT2D eigenvalue weighted by Gasteiger charge is -2.55. The Morgan fingerprint density at radius 2 is 1.71 bits per heavy atom. The topological polar surface area (TPSA) is 89.8 Å². The number of anilines is 1. The molecule has 4 saturated carbocycles. The smallest absolute Gasteiger partial charge is 0.410 e. The second-order valence-corrected chi connectivity index (χ2v) is 16.0. The number of likely N-dealkylation sites (tertiary alicyclic amines) is 1. The number of nitrogens with zero attached hydrogens (tertiary/aromatic N) is 5. The van der Waals surface area contributed by atoms with Crippen molar-refractivity contribution in [3.63, 3.8) is 0 Å². The van der Waals surface area contributed by atoms with Crippen molar-refractivity contribution in [2.75, 3.05) is 31.6 Å². The van der Waals surface area contributed by atoms with Crippen molar-refractivity contribution < 1.29 is 19.1 Å². The largest absolute Gasteiger partial charge is 0.495 e. The second-order valence-electron chi connectivity index (χ2n) is 15.6. The van der Waals surface area contributed by atoms with Gasteiger partial charge in [-0.05, 0) is 130 Å². The van der Waals surface area contributed by atoms with E-state index in [2.05, 4.69) is 50.3 Å². The lowest BCUT2D eigenvalue weighted by molar-refractivity contribution is -0.124. The molecular weight excluding hydrogens is 638 g/mol. The van der Waals surface area contributed by atoms with E-state index in [1.165, 1.54) is 5.56 Å². The number of hydrogen-bond donors (Lipinski definition) is 0. The fraction of sp³-hybridized carbons (Fsp3) is 0.590. The zero-order chi connectivity index (χ0) is 34.3. The molecule has 4 aliphatic carbocycles. The van der Waals surface area contributed by atoms with Gasteiger partial charge in [-0.3, -0.25) is 14.4 Å². The minimum Gasteiger partial charge on any atom is -0.495 e. The molecule has 1 aliphatic heterocycles. The molecule has 49 heavy (non-hydrogen) atoms. The van der Waals surface area contributed by atoms with Crippen LogP contribution in [0, 0.1) is 17.3 Å². The Morgan fingerprint density at radius 1 is 1.00 bits per heavy atom. The van der Waals surface area contributed by atoms with Gasteiger partial charge in [-0.2, -0.15) is 5.10 Å². The molecule has 3 aromatic rings. The van der Waals surface area contributed by atoms with E-state index in [-0.39, 0.29) is 40.9 Å². The number of benzene rings is 1. The van der Waals surface area contributed by atoms with E-state index in [1.807, 2.05) is 34.1 Å². The Labute approximate surface area is 295 Å². The number of hydrogen-bond acceptors (Lipinski definition) is 6. The van der Waals surface area contributed by atoms with E-state index in [1.54, 1.807) is 12.0 Å². The molecular formula is C39H50ClN5O4. The highest BCUT2D eigenvalue weighted by molar-refractivity contribution is 6.32. The summed E-state index contributed by atoms with van der Waals surface area (Å²) in [7, 11) is 1.65. The summed E-state index contributed by atoms with van der Waals surface area (Å²) in [6, 6.07) is 10.6. The number of fused-ring (bicyclic) bond motifs is 3. The maximum atomic E-state index is 14.6. The van der Waals surface area contributed by atoms with E-state index in [0.29, 0.717) is 54.7 Å². The minimum absolute atomic E-state index is 0.0367. The van der Waals surface area contributed by atoms with E-state index in [4.69, 9.17) is 26.1 Å². The third kappa shape index (κ3) is 6.80. The predicted molar refractivity (Wildman–Crippen MR) is 191 cm³/mol. The summed E-state index contributed by atoms with van der Waals surface area (Å²) in [5.41, 5.74) is 3.47. The monoisotopic (exact) mass is 687 g/mol. The standard InChI is InChI=1S/C39H50ClN5O4/c1-26(2)45-24-30(21-42-45)29-11-18-41-35(19-29)44(36(46)28-5-8-32(9-6-28)49-37(47)43-22-27(3)23-43)25-38-12-15-39(16-13-38,17-14-38)31-7-10-34(48-4)33(40)20-31/h7,10-11,18-21,24,26-28,32H,5-6,8-9,12-17,22-23,25H2,1-4H3. The quantitative estimate of drug-likeness (QED) is 0.224. The molecule has 2 bridgehead atoms. The van der Waals surface area contributed by atoms with Crippen LogP contribution in [0.3, 0.4) is 0 Å². The van der Waals surface area contributed by atoms with Gasteiger partial charge in [0.15, 0.2) is 0 Å². The van der Waals surface area contributed by atoms with Gasteiger partial charge in [-0.15, -0.1) is 0 Å². The average Bonchev–Trinajstić information content (AvgIpc) is 3.61. The fourth-order valence-corrected chi connectivity index (χ4v) is 9.02. The van der Waals surface area contributed by atoms with E-state index < -0.39 is 0 Å². The van der Waals surface area contributed by atoms with Crippen molar-refractivity contribution in [2.24, 2.45) is 17.3 Å². The third-order valence-corrected chi connectivity index (χ3v) is 12.3. The van der Waals surface area contributed by atoms with Gasteiger partial charge in [0.05, 0.1) is 18.3 Å². The lowest BCUT2D eigenvalue weighted by Crippen LogP contribution is -2.52. The molecule has 5 aliphatic rings. The first-order valence-electron chi connectivity index (χ1n) is 18.2. The van der Waals surface area contributed by atoms with Crippen molar-refractivity contribution in [1.82, 2.24) is 19.7 Å². The molecule has 8 rings (SSSR count). The van der Waals surface area contributed by atoms with E-state index >= 15 is 0 Å². The molecule has 0 atom stereocenters. The summed E-state index contributed by atoms with van der Waals surface area (Å²) in [4.78, 5) is 35.8. The molecule has 1 saturated heterocycles. The number of carbonyl (C=O) groups excluding carboxylic acids is 2. The van der Waals surface area contributed by atoms with Crippen LogP contribution in [0.1, 0.15) is 96.6 Å². The Morgan fingerprint density at radius 3 is 2.33 bits per heavy atom. The summed E-state index contributed by atoms with van der Waals surface area (Å²) >= 11 is 6.58. The third-order valence-electron chi connectivity index (χ3n) is 12.0. The number of ether oxygens (including phenoxy) is 2. The number of amides is 2. The van der Waals surface area contributed by atoms with E-state index in [9.17, 15) is 9.59 Å². The van der Waals surface area contributed by atoms with Crippen LogP contribution >= 0.6 is 11.6 Å². The highest BCUT2D eigenvalue weighted by atomic mass is 35.5. The number of pyridine rings is 1. The predicted octanol–water partition coefficient (Wildman–Crippen LogP) is 8.46. The van der Waals surface area contributed by atoms with Crippen molar-refractivity contribution in [1.29, 1.82) is 0 Å². The van der Waals surface area contributed by atoms with Gasteiger partial charge < -0.3 is 14.4 Å². The zero-order valence-corrected chi connectivity index (χ0v) is 30.1. The molecule has 0 radical (unpaired) electrons. The minimum atomic E-state index is -0.210. The molecule has 9 nitrogen and oxygen atoms in total. The number of halogens is 1. The summed E-state index contributed by atoms with van der Waals surface area (Å²) in [6.45, 7) is 8.56.